The summed E-state index contributed by atoms with van der Waals surface area (Å²) >= 11 is 0. The highest BCUT2D eigenvalue weighted by molar-refractivity contribution is 5.37. The van der Waals surface area contributed by atoms with Gasteiger partial charge in [0, 0.05) is 0 Å². The first-order valence-electron chi connectivity index (χ1n) is 4.17. The number of carbonyl (C=O) groups excluding carboxylic acids is 1. The number of rotatable bonds is 5. The zero-order valence-electron chi connectivity index (χ0n) is 7.83. The van der Waals surface area contributed by atoms with Gasteiger partial charge in [-0.05, 0) is 18.3 Å². The molecule has 11 heavy (non-hydrogen) atoms. The Bertz CT molecular complexity index is 108. The molecule has 0 aliphatic rings. The van der Waals surface area contributed by atoms with Gasteiger partial charge in [-0.15, -0.1) is 0 Å². The van der Waals surface area contributed by atoms with Crippen LogP contribution in [0, 0.1) is 11.8 Å². The lowest BCUT2D eigenvalue weighted by molar-refractivity contribution is -0.136. The highest BCUT2D eigenvalue weighted by atomic mass is 16.5. The van der Waals surface area contributed by atoms with Crippen molar-refractivity contribution in [2.75, 3.05) is 0 Å². The van der Waals surface area contributed by atoms with Gasteiger partial charge in [-0.2, -0.15) is 0 Å². The van der Waals surface area contributed by atoms with Crippen LogP contribution in [0.3, 0.4) is 0 Å². The summed E-state index contributed by atoms with van der Waals surface area (Å²) in [5.74, 6) is 1.00. The van der Waals surface area contributed by atoms with E-state index in [9.17, 15) is 4.79 Å². The van der Waals surface area contributed by atoms with E-state index in [1.807, 2.05) is 0 Å². The average Bonchev–Trinajstić information content (AvgIpc) is 1.86. The zero-order chi connectivity index (χ0) is 8.85. The van der Waals surface area contributed by atoms with Gasteiger partial charge in [-0.25, -0.2) is 0 Å². The van der Waals surface area contributed by atoms with Crippen LogP contribution in [0.5, 0.6) is 0 Å². The predicted molar refractivity (Wildman–Crippen MR) is 45.2 cm³/mol. The van der Waals surface area contributed by atoms with Crippen molar-refractivity contribution < 1.29 is 9.53 Å². The number of ether oxygens (including phenoxy) is 1. The highest BCUT2D eigenvalue weighted by Crippen LogP contribution is 2.15. The van der Waals surface area contributed by atoms with E-state index in [4.69, 9.17) is 4.74 Å². The molecule has 2 nitrogen and oxygen atoms in total. The summed E-state index contributed by atoms with van der Waals surface area (Å²) in [6.45, 7) is 8.94. The Balaban J connectivity index is 3.78. The Hall–Kier alpha value is -0.530. The van der Waals surface area contributed by atoms with Gasteiger partial charge in [0.2, 0.25) is 0 Å². The highest BCUT2D eigenvalue weighted by Gasteiger charge is 2.15. The maximum absolute atomic E-state index is 10.1. The Morgan fingerprint density at radius 1 is 1.27 bits per heavy atom. The molecule has 0 N–H and O–H groups in total. The van der Waals surface area contributed by atoms with Gasteiger partial charge in [0.1, 0.15) is 6.10 Å². The summed E-state index contributed by atoms with van der Waals surface area (Å²) in [6.07, 6.45) is 1.05. The fraction of sp³-hybridized carbons (Fsp3) is 0.889. The predicted octanol–water partition coefficient (Wildman–Crippen LogP) is 2.23. The number of hydrogen-bond donors (Lipinski definition) is 0. The minimum absolute atomic E-state index is 0.0903. The van der Waals surface area contributed by atoms with Crippen LogP contribution in [0.4, 0.5) is 0 Å². The van der Waals surface area contributed by atoms with Crippen LogP contribution in [0.15, 0.2) is 0 Å². The fourth-order valence-electron chi connectivity index (χ4n) is 1.02. The van der Waals surface area contributed by atoms with E-state index in [2.05, 4.69) is 27.7 Å². The summed E-state index contributed by atoms with van der Waals surface area (Å²) in [5, 5.41) is 0. The van der Waals surface area contributed by atoms with Crippen LogP contribution in [0.25, 0.3) is 0 Å². The normalized spacial score (nSPS) is 13.6. The van der Waals surface area contributed by atoms with Gasteiger partial charge in [-0.1, -0.05) is 27.7 Å². The summed E-state index contributed by atoms with van der Waals surface area (Å²) in [4.78, 5) is 10.1. The van der Waals surface area contributed by atoms with Crippen LogP contribution in [-0.2, 0) is 9.53 Å². The molecule has 0 spiro atoms. The topological polar surface area (TPSA) is 26.3 Å². The molecule has 66 valence electrons. The second kappa shape index (κ2) is 5.16. The molecule has 0 rings (SSSR count). The summed E-state index contributed by atoms with van der Waals surface area (Å²) < 4.78 is 4.93. The van der Waals surface area contributed by atoms with Crippen molar-refractivity contribution in [2.45, 2.75) is 40.2 Å². The summed E-state index contributed by atoms with van der Waals surface area (Å²) in [6, 6.07) is 0. The van der Waals surface area contributed by atoms with Gasteiger partial charge in [0.05, 0.1) is 0 Å². The van der Waals surface area contributed by atoms with Crippen molar-refractivity contribution in [1.29, 1.82) is 0 Å². The quantitative estimate of drug-likeness (QED) is 0.573. The lowest BCUT2D eigenvalue weighted by Gasteiger charge is -2.20. The smallest absolute Gasteiger partial charge is 0.293 e. The third kappa shape index (κ3) is 4.82. The number of hydrogen-bond acceptors (Lipinski definition) is 2. The van der Waals surface area contributed by atoms with Crippen molar-refractivity contribution in [1.82, 2.24) is 0 Å². The minimum atomic E-state index is 0.0903. The second-order valence-corrected chi connectivity index (χ2v) is 3.64. The molecular formula is C9H18O2. The van der Waals surface area contributed by atoms with E-state index >= 15 is 0 Å². The van der Waals surface area contributed by atoms with Crippen molar-refractivity contribution in [2.24, 2.45) is 11.8 Å². The van der Waals surface area contributed by atoms with Gasteiger partial charge in [0.15, 0.2) is 0 Å². The van der Waals surface area contributed by atoms with Gasteiger partial charge < -0.3 is 4.74 Å². The molecule has 0 aromatic heterocycles. The van der Waals surface area contributed by atoms with Crippen LogP contribution in [-0.4, -0.2) is 12.6 Å². The zero-order valence-corrected chi connectivity index (χ0v) is 7.83. The first-order valence-corrected chi connectivity index (χ1v) is 4.17. The molecule has 0 amide bonds. The minimum Gasteiger partial charge on any atom is -0.464 e. The first kappa shape index (κ1) is 10.5. The molecule has 0 bridgehead atoms. The molecule has 0 aliphatic heterocycles. The maximum atomic E-state index is 10.1. The Morgan fingerprint density at radius 2 is 1.82 bits per heavy atom. The molecule has 0 saturated carbocycles. The van der Waals surface area contributed by atoms with E-state index < -0.39 is 0 Å². The Morgan fingerprint density at radius 3 is 2.09 bits per heavy atom. The molecule has 0 radical (unpaired) electrons. The third-order valence-corrected chi connectivity index (χ3v) is 1.68. The SMILES string of the molecule is CC(C)CC(OC=O)C(C)C. The van der Waals surface area contributed by atoms with Gasteiger partial charge in [0.25, 0.3) is 6.47 Å². The van der Waals surface area contributed by atoms with Crippen LogP contribution in [0.1, 0.15) is 34.1 Å². The standard InChI is InChI=1S/C9H18O2/c1-7(2)5-9(8(3)4)11-6-10/h6-9H,5H2,1-4H3. The monoisotopic (exact) mass is 158 g/mol. The molecule has 2 heteroatoms. The lowest BCUT2D eigenvalue weighted by Crippen LogP contribution is -2.21. The van der Waals surface area contributed by atoms with Crippen molar-refractivity contribution in [3.63, 3.8) is 0 Å². The molecule has 1 unspecified atom stereocenters. The average molecular weight is 158 g/mol. The van der Waals surface area contributed by atoms with Crippen molar-refractivity contribution >= 4 is 6.47 Å². The van der Waals surface area contributed by atoms with E-state index in [0.29, 0.717) is 18.3 Å². The molecule has 0 heterocycles. The van der Waals surface area contributed by atoms with E-state index in [0.717, 1.165) is 6.42 Å². The molecule has 0 aliphatic carbocycles. The largest absolute Gasteiger partial charge is 0.464 e. The molecule has 0 aromatic rings. The molecule has 0 saturated heterocycles. The molecule has 0 aromatic carbocycles. The lowest BCUT2D eigenvalue weighted by atomic mass is 9.97. The molecular weight excluding hydrogens is 140 g/mol. The summed E-state index contributed by atoms with van der Waals surface area (Å²) in [7, 11) is 0. The van der Waals surface area contributed by atoms with Crippen LogP contribution in [0.2, 0.25) is 0 Å². The summed E-state index contributed by atoms with van der Waals surface area (Å²) in [5.41, 5.74) is 0. The molecule has 1 atom stereocenters. The second-order valence-electron chi connectivity index (χ2n) is 3.64. The third-order valence-electron chi connectivity index (χ3n) is 1.68. The molecule has 0 fully saturated rings. The van der Waals surface area contributed by atoms with Crippen molar-refractivity contribution in [3.8, 4) is 0 Å². The van der Waals surface area contributed by atoms with Gasteiger partial charge in [-0.3, -0.25) is 4.79 Å². The van der Waals surface area contributed by atoms with E-state index in [-0.39, 0.29) is 6.10 Å². The number of carbonyl (C=O) groups is 1. The fourth-order valence-corrected chi connectivity index (χ4v) is 1.02. The van der Waals surface area contributed by atoms with E-state index in [1.165, 1.54) is 0 Å². The Kier molecular flexibility index (Phi) is 4.92. The first-order chi connectivity index (χ1) is 5.07. The Labute approximate surface area is 68.9 Å². The van der Waals surface area contributed by atoms with E-state index in [1.54, 1.807) is 0 Å². The van der Waals surface area contributed by atoms with Crippen LogP contribution >= 0.6 is 0 Å². The maximum Gasteiger partial charge on any atom is 0.293 e. The van der Waals surface area contributed by atoms with Crippen LogP contribution < -0.4 is 0 Å². The van der Waals surface area contributed by atoms with Gasteiger partial charge >= 0.3 is 0 Å². The van der Waals surface area contributed by atoms with Crippen molar-refractivity contribution in [3.05, 3.63) is 0 Å².